The Morgan fingerprint density at radius 3 is 2.84 bits per heavy atom. The molecule has 164 valence electrons. The number of carbonyl (C=O) groups excluding carboxylic acids is 1. The van der Waals surface area contributed by atoms with E-state index in [2.05, 4.69) is 15.5 Å². The first-order valence-electron chi connectivity index (χ1n) is 9.32. The first-order valence-corrected chi connectivity index (χ1v) is 10.6. The average Bonchev–Trinajstić information content (AvgIpc) is 3.45. The molecule has 0 bridgehead atoms. The second-order valence-electron chi connectivity index (χ2n) is 6.99. The van der Waals surface area contributed by atoms with Crippen molar-refractivity contribution in [1.29, 1.82) is 0 Å². The highest BCUT2D eigenvalue weighted by molar-refractivity contribution is 7.12. The molecular formula is C20H16ClFN6O3S. The van der Waals surface area contributed by atoms with Gasteiger partial charge in [0.15, 0.2) is 5.82 Å². The van der Waals surface area contributed by atoms with Crippen molar-refractivity contribution in [1.82, 2.24) is 19.6 Å². The predicted octanol–water partition coefficient (Wildman–Crippen LogP) is 4.50. The number of thiophene rings is 1. The Labute approximate surface area is 190 Å². The highest BCUT2D eigenvalue weighted by atomic mass is 35.5. The molecule has 0 saturated carbocycles. The molecule has 0 aliphatic rings. The number of nitro groups is 1. The molecule has 0 fully saturated rings. The number of nitrogens with one attached hydrogen (secondary N) is 1. The molecule has 3 heterocycles. The van der Waals surface area contributed by atoms with E-state index in [4.69, 9.17) is 11.6 Å². The monoisotopic (exact) mass is 474 g/mol. The van der Waals surface area contributed by atoms with Crippen molar-refractivity contribution >= 4 is 40.4 Å². The zero-order chi connectivity index (χ0) is 22.8. The Morgan fingerprint density at radius 2 is 2.12 bits per heavy atom. The van der Waals surface area contributed by atoms with Gasteiger partial charge in [0.05, 0.1) is 22.9 Å². The maximum atomic E-state index is 13.2. The van der Waals surface area contributed by atoms with Crippen LogP contribution in [0.4, 0.5) is 15.9 Å². The van der Waals surface area contributed by atoms with Gasteiger partial charge in [0.2, 0.25) is 0 Å². The fourth-order valence-corrected chi connectivity index (χ4v) is 4.04. The second kappa shape index (κ2) is 8.89. The minimum atomic E-state index is -0.513. The lowest BCUT2D eigenvalue weighted by atomic mass is 10.2. The molecule has 0 aliphatic carbocycles. The minimum absolute atomic E-state index is 0.0916. The van der Waals surface area contributed by atoms with Crippen molar-refractivity contribution in [3.05, 3.63) is 90.8 Å². The average molecular weight is 475 g/mol. The van der Waals surface area contributed by atoms with Gasteiger partial charge in [0.25, 0.3) is 5.91 Å². The zero-order valence-electron chi connectivity index (χ0n) is 16.7. The number of aromatic nitrogens is 4. The third-order valence-corrected chi connectivity index (χ3v) is 5.94. The zero-order valence-corrected chi connectivity index (χ0v) is 18.2. The summed E-state index contributed by atoms with van der Waals surface area (Å²) in [5.74, 6) is -0.356. The molecule has 0 aliphatic heterocycles. The van der Waals surface area contributed by atoms with E-state index < -0.39 is 10.7 Å². The van der Waals surface area contributed by atoms with Crippen molar-refractivity contribution in [2.75, 3.05) is 5.32 Å². The van der Waals surface area contributed by atoms with Crippen molar-refractivity contribution in [3.8, 4) is 0 Å². The van der Waals surface area contributed by atoms with Crippen LogP contribution in [0.3, 0.4) is 0 Å². The van der Waals surface area contributed by atoms with E-state index in [1.54, 1.807) is 28.3 Å². The van der Waals surface area contributed by atoms with Crippen LogP contribution in [0.25, 0.3) is 0 Å². The first-order chi connectivity index (χ1) is 15.3. The lowest BCUT2D eigenvalue weighted by Crippen LogP contribution is -2.11. The van der Waals surface area contributed by atoms with E-state index in [-0.39, 0.29) is 11.6 Å². The van der Waals surface area contributed by atoms with Gasteiger partial charge in [-0.2, -0.15) is 10.2 Å². The Kier molecular flexibility index (Phi) is 6.01. The maximum absolute atomic E-state index is 13.2. The van der Waals surface area contributed by atoms with Gasteiger partial charge in [-0.3, -0.25) is 24.3 Å². The molecule has 0 atom stereocenters. The predicted molar refractivity (Wildman–Crippen MR) is 118 cm³/mol. The molecule has 0 spiro atoms. The largest absolute Gasteiger partial charge is 0.307 e. The van der Waals surface area contributed by atoms with Crippen LogP contribution in [0.2, 0.25) is 5.02 Å². The van der Waals surface area contributed by atoms with Crippen molar-refractivity contribution in [3.63, 3.8) is 0 Å². The summed E-state index contributed by atoms with van der Waals surface area (Å²) in [5, 5.41) is 24.0. The summed E-state index contributed by atoms with van der Waals surface area (Å²) < 4.78 is 16.3. The highest BCUT2D eigenvalue weighted by Crippen LogP contribution is 2.21. The number of amides is 1. The van der Waals surface area contributed by atoms with Gasteiger partial charge in [0, 0.05) is 16.8 Å². The van der Waals surface area contributed by atoms with Gasteiger partial charge >= 0.3 is 5.69 Å². The molecule has 3 aromatic heterocycles. The summed E-state index contributed by atoms with van der Waals surface area (Å²) in [5.41, 5.74) is 2.21. The molecule has 4 aromatic rings. The van der Waals surface area contributed by atoms with Crippen molar-refractivity contribution < 1.29 is 14.1 Å². The Hall–Kier alpha value is -3.57. The second-order valence-corrected chi connectivity index (χ2v) is 8.31. The normalized spacial score (nSPS) is 11.0. The molecule has 12 heteroatoms. The summed E-state index contributed by atoms with van der Waals surface area (Å²) in [6, 6.07) is 7.60. The van der Waals surface area contributed by atoms with Crippen molar-refractivity contribution in [2.45, 2.75) is 20.0 Å². The topological polar surface area (TPSA) is 108 Å². The van der Waals surface area contributed by atoms with E-state index >= 15 is 0 Å². The van der Waals surface area contributed by atoms with E-state index in [1.165, 1.54) is 40.5 Å². The third-order valence-electron chi connectivity index (χ3n) is 4.61. The summed E-state index contributed by atoms with van der Waals surface area (Å²) in [4.78, 5) is 23.3. The maximum Gasteiger partial charge on any atom is 0.307 e. The van der Waals surface area contributed by atoms with Crippen LogP contribution < -0.4 is 5.32 Å². The summed E-state index contributed by atoms with van der Waals surface area (Å²) in [6.45, 7) is 2.48. The van der Waals surface area contributed by atoms with Crippen molar-refractivity contribution in [2.24, 2.45) is 0 Å². The molecule has 1 aromatic carbocycles. The van der Waals surface area contributed by atoms with Crippen LogP contribution in [-0.2, 0) is 13.1 Å². The van der Waals surface area contributed by atoms with Gasteiger partial charge in [-0.05, 0) is 41.6 Å². The quantitative estimate of drug-likeness (QED) is 0.313. The lowest BCUT2D eigenvalue weighted by molar-refractivity contribution is -0.385. The third kappa shape index (κ3) is 4.84. The standard InChI is InChI=1S/C20H16ClFN6O3S/c1-12-4-19(25-27(12)9-14-2-3-15(22)6-17(14)21)24-20(29)18-5-13(11-32-18)8-26-10-16(7-23-26)28(30)31/h2-7,10-11H,8-9H2,1H3,(H,24,25,29). The number of hydrogen-bond acceptors (Lipinski definition) is 6. The Balaban J connectivity index is 1.42. The summed E-state index contributed by atoms with van der Waals surface area (Å²) in [6.07, 6.45) is 2.51. The number of anilines is 1. The Bertz CT molecular complexity index is 1310. The molecular weight excluding hydrogens is 459 g/mol. The van der Waals surface area contributed by atoms with Crippen LogP contribution in [0.15, 0.2) is 48.1 Å². The lowest BCUT2D eigenvalue weighted by Gasteiger charge is -2.06. The van der Waals surface area contributed by atoms with Gasteiger partial charge < -0.3 is 5.32 Å². The van der Waals surface area contributed by atoms with E-state index in [1.807, 2.05) is 6.92 Å². The van der Waals surface area contributed by atoms with E-state index in [9.17, 15) is 19.3 Å². The number of carbonyl (C=O) groups is 1. The fraction of sp³-hybridized carbons (Fsp3) is 0.150. The number of benzene rings is 1. The van der Waals surface area contributed by atoms with Gasteiger partial charge in [0.1, 0.15) is 18.2 Å². The van der Waals surface area contributed by atoms with Crippen LogP contribution in [-0.4, -0.2) is 30.4 Å². The number of hydrogen-bond donors (Lipinski definition) is 1. The molecule has 4 rings (SSSR count). The Morgan fingerprint density at radius 1 is 1.31 bits per heavy atom. The summed E-state index contributed by atoms with van der Waals surface area (Å²) >= 11 is 7.34. The highest BCUT2D eigenvalue weighted by Gasteiger charge is 2.15. The smallest absolute Gasteiger partial charge is 0.304 e. The number of halogens is 2. The van der Waals surface area contributed by atoms with Crippen LogP contribution in [0.5, 0.6) is 0 Å². The van der Waals surface area contributed by atoms with Crippen LogP contribution >= 0.6 is 22.9 Å². The number of nitrogens with zero attached hydrogens (tertiary/aromatic N) is 5. The molecule has 1 amide bonds. The molecule has 0 unspecified atom stereocenters. The minimum Gasteiger partial charge on any atom is -0.304 e. The van der Waals surface area contributed by atoms with Gasteiger partial charge in [-0.25, -0.2) is 4.39 Å². The first kappa shape index (κ1) is 21.7. The molecule has 32 heavy (non-hydrogen) atoms. The van der Waals surface area contributed by atoms with Gasteiger partial charge in [-0.1, -0.05) is 17.7 Å². The molecule has 0 saturated heterocycles. The number of rotatable bonds is 7. The van der Waals surface area contributed by atoms with E-state index in [0.29, 0.717) is 34.4 Å². The SMILES string of the molecule is Cc1cc(NC(=O)c2cc(Cn3cc([N+](=O)[O-])cn3)cs2)nn1Cc1ccc(F)cc1Cl. The van der Waals surface area contributed by atoms with Gasteiger partial charge in [-0.15, -0.1) is 11.3 Å². The summed E-state index contributed by atoms with van der Waals surface area (Å²) in [7, 11) is 0. The van der Waals surface area contributed by atoms with E-state index in [0.717, 1.165) is 11.3 Å². The molecule has 1 N–H and O–H groups in total. The van der Waals surface area contributed by atoms with Crippen LogP contribution in [0, 0.1) is 22.9 Å². The van der Waals surface area contributed by atoms with Crippen LogP contribution in [0.1, 0.15) is 26.5 Å². The fourth-order valence-electron chi connectivity index (χ4n) is 3.02. The molecule has 9 nitrogen and oxygen atoms in total. The molecule has 0 radical (unpaired) electrons. The number of aryl methyl sites for hydroxylation is 1.